The van der Waals surface area contributed by atoms with Crippen LogP contribution in [0.15, 0.2) is 18.2 Å². The van der Waals surface area contributed by atoms with E-state index in [0.717, 1.165) is 37.4 Å². The third-order valence-corrected chi connectivity index (χ3v) is 4.53. The molecule has 126 valence electrons. The van der Waals surface area contributed by atoms with Crippen LogP contribution in [-0.2, 0) is 9.53 Å². The predicted octanol–water partition coefficient (Wildman–Crippen LogP) is 1.99. The van der Waals surface area contributed by atoms with Gasteiger partial charge in [0.15, 0.2) is 11.5 Å². The van der Waals surface area contributed by atoms with Crippen LogP contribution in [0.2, 0.25) is 0 Å². The molecule has 3 rings (SSSR count). The highest BCUT2D eigenvalue weighted by atomic mass is 16.5. The molecule has 2 aliphatic heterocycles. The van der Waals surface area contributed by atoms with Gasteiger partial charge in [-0.15, -0.1) is 0 Å². The number of carboxylic acids is 1. The van der Waals surface area contributed by atoms with Crippen molar-refractivity contribution in [2.24, 2.45) is 5.92 Å². The van der Waals surface area contributed by atoms with Gasteiger partial charge in [0.05, 0.1) is 26.2 Å². The van der Waals surface area contributed by atoms with Gasteiger partial charge in [0, 0.05) is 25.4 Å². The van der Waals surface area contributed by atoms with E-state index in [-0.39, 0.29) is 18.1 Å². The maximum atomic E-state index is 11.1. The van der Waals surface area contributed by atoms with Gasteiger partial charge in [-0.2, -0.15) is 0 Å². The summed E-state index contributed by atoms with van der Waals surface area (Å²) >= 11 is 0. The predicted molar refractivity (Wildman–Crippen MR) is 83.9 cm³/mol. The molecule has 0 aromatic heterocycles. The number of nitrogens with one attached hydrogen (secondary N) is 1. The van der Waals surface area contributed by atoms with Crippen LogP contribution in [0.25, 0.3) is 0 Å². The molecule has 2 fully saturated rings. The Labute approximate surface area is 135 Å². The van der Waals surface area contributed by atoms with Crippen molar-refractivity contribution in [3.05, 3.63) is 23.8 Å². The number of hydrogen-bond donors (Lipinski definition) is 2. The van der Waals surface area contributed by atoms with E-state index in [1.54, 1.807) is 7.11 Å². The third kappa shape index (κ3) is 3.76. The van der Waals surface area contributed by atoms with Crippen LogP contribution in [0, 0.1) is 5.92 Å². The average Bonchev–Trinajstić information content (AvgIpc) is 3.06. The molecule has 0 bridgehead atoms. The maximum Gasteiger partial charge on any atom is 0.307 e. The molecule has 6 nitrogen and oxygen atoms in total. The number of aliphatic carboxylic acids is 1. The lowest BCUT2D eigenvalue weighted by molar-refractivity contribution is -0.141. The van der Waals surface area contributed by atoms with Gasteiger partial charge in [0.2, 0.25) is 0 Å². The van der Waals surface area contributed by atoms with Crippen LogP contribution >= 0.6 is 0 Å². The average molecular weight is 321 g/mol. The Balaban J connectivity index is 1.74. The lowest BCUT2D eigenvalue weighted by Crippen LogP contribution is -2.26. The summed E-state index contributed by atoms with van der Waals surface area (Å²) in [4.78, 5) is 11.1. The molecule has 1 aromatic carbocycles. The fourth-order valence-corrected chi connectivity index (χ4v) is 3.15. The smallest absolute Gasteiger partial charge is 0.307 e. The topological polar surface area (TPSA) is 77.0 Å². The molecule has 2 atom stereocenters. The highest BCUT2D eigenvalue weighted by molar-refractivity contribution is 5.70. The second-order valence-corrected chi connectivity index (χ2v) is 6.07. The zero-order valence-electron chi connectivity index (χ0n) is 13.3. The number of hydrogen-bond acceptors (Lipinski definition) is 5. The second-order valence-electron chi connectivity index (χ2n) is 6.07. The van der Waals surface area contributed by atoms with E-state index in [1.807, 2.05) is 18.2 Å². The molecule has 23 heavy (non-hydrogen) atoms. The summed E-state index contributed by atoms with van der Waals surface area (Å²) in [5.41, 5.74) is 1.04. The Morgan fingerprint density at radius 1 is 1.30 bits per heavy atom. The number of methoxy groups -OCH3 is 1. The minimum atomic E-state index is -0.743. The molecule has 6 heteroatoms. The molecule has 0 saturated carbocycles. The monoisotopic (exact) mass is 321 g/mol. The molecule has 0 aliphatic carbocycles. The third-order valence-electron chi connectivity index (χ3n) is 4.53. The first-order valence-corrected chi connectivity index (χ1v) is 8.06. The highest BCUT2D eigenvalue weighted by Crippen LogP contribution is 2.35. The van der Waals surface area contributed by atoms with Crippen LogP contribution in [-0.4, -0.2) is 44.0 Å². The molecule has 2 saturated heterocycles. The van der Waals surface area contributed by atoms with Crippen molar-refractivity contribution in [1.82, 2.24) is 5.32 Å². The Hall–Kier alpha value is -1.79. The molecule has 0 radical (unpaired) electrons. The largest absolute Gasteiger partial charge is 0.493 e. The van der Waals surface area contributed by atoms with Gasteiger partial charge < -0.3 is 24.6 Å². The second kappa shape index (κ2) is 7.19. The van der Waals surface area contributed by atoms with E-state index in [0.29, 0.717) is 18.7 Å². The van der Waals surface area contributed by atoms with Gasteiger partial charge in [-0.1, -0.05) is 6.07 Å². The van der Waals surface area contributed by atoms with Crippen LogP contribution in [0.3, 0.4) is 0 Å². The summed E-state index contributed by atoms with van der Waals surface area (Å²) in [6.07, 6.45) is 2.47. The van der Waals surface area contributed by atoms with E-state index < -0.39 is 5.97 Å². The van der Waals surface area contributed by atoms with E-state index in [2.05, 4.69) is 5.32 Å². The van der Waals surface area contributed by atoms with Gasteiger partial charge in [-0.05, 0) is 24.1 Å². The Kier molecular flexibility index (Phi) is 5.03. The van der Waals surface area contributed by atoms with Crippen molar-refractivity contribution < 1.29 is 24.1 Å². The normalized spacial score (nSPS) is 25.3. The van der Waals surface area contributed by atoms with E-state index in [1.165, 1.54) is 0 Å². The zero-order chi connectivity index (χ0) is 16.2. The molecular weight excluding hydrogens is 298 g/mol. The summed E-state index contributed by atoms with van der Waals surface area (Å²) in [6, 6.07) is 5.87. The molecule has 2 unspecified atom stereocenters. The van der Waals surface area contributed by atoms with Crippen molar-refractivity contribution in [1.29, 1.82) is 0 Å². The van der Waals surface area contributed by atoms with Crippen LogP contribution in [0.1, 0.15) is 30.9 Å². The first-order chi connectivity index (χ1) is 11.2. The summed E-state index contributed by atoms with van der Waals surface area (Å²) in [7, 11) is 1.63. The van der Waals surface area contributed by atoms with Gasteiger partial charge in [-0.25, -0.2) is 0 Å². The van der Waals surface area contributed by atoms with Crippen molar-refractivity contribution in [3.8, 4) is 11.5 Å². The Morgan fingerprint density at radius 2 is 2.09 bits per heavy atom. The van der Waals surface area contributed by atoms with Crippen LogP contribution in [0.4, 0.5) is 0 Å². The minimum Gasteiger partial charge on any atom is -0.493 e. The quantitative estimate of drug-likeness (QED) is 0.864. The molecule has 0 amide bonds. The fraction of sp³-hybridized carbons (Fsp3) is 0.588. The lowest BCUT2D eigenvalue weighted by Gasteiger charge is -2.25. The lowest BCUT2D eigenvalue weighted by atomic mass is 10.00. The molecule has 2 heterocycles. The van der Waals surface area contributed by atoms with Crippen molar-refractivity contribution in [2.45, 2.75) is 31.4 Å². The highest BCUT2D eigenvalue weighted by Gasteiger charge is 2.30. The SMILES string of the molecule is COc1ccc(C2CC(C(=O)O)CN2)cc1OC1CCOCC1. The first kappa shape index (κ1) is 16.1. The standard InChI is InChI=1S/C17H23NO5/c1-21-15-3-2-11(14-8-12(10-18-14)17(19)20)9-16(15)23-13-4-6-22-7-5-13/h2-3,9,12-14,18H,4-8,10H2,1H3,(H,19,20). The van der Waals surface area contributed by atoms with Crippen molar-refractivity contribution >= 4 is 5.97 Å². The number of carboxylic acid groups (broad SMARTS) is 1. The zero-order valence-corrected chi connectivity index (χ0v) is 13.3. The Morgan fingerprint density at radius 3 is 2.74 bits per heavy atom. The minimum absolute atomic E-state index is 0.0408. The van der Waals surface area contributed by atoms with Crippen LogP contribution < -0.4 is 14.8 Å². The van der Waals surface area contributed by atoms with Crippen LogP contribution in [0.5, 0.6) is 11.5 Å². The van der Waals surface area contributed by atoms with E-state index in [9.17, 15) is 4.79 Å². The Bertz CT molecular complexity index is 556. The van der Waals surface area contributed by atoms with Gasteiger partial charge in [0.1, 0.15) is 6.10 Å². The number of rotatable bonds is 5. The van der Waals surface area contributed by atoms with E-state index in [4.69, 9.17) is 19.3 Å². The van der Waals surface area contributed by atoms with Crippen molar-refractivity contribution in [2.75, 3.05) is 26.9 Å². The van der Waals surface area contributed by atoms with Gasteiger partial charge in [0.25, 0.3) is 0 Å². The first-order valence-electron chi connectivity index (χ1n) is 8.06. The summed E-state index contributed by atoms with van der Waals surface area (Å²) < 4.78 is 16.9. The van der Waals surface area contributed by atoms with Crippen molar-refractivity contribution in [3.63, 3.8) is 0 Å². The summed E-state index contributed by atoms with van der Waals surface area (Å²) in [5, 5.41) is 12.4. The van der Waals surface area contributed by atoms with Gasteiger partial charge in [-0.3, -0.25) is 4.79 Å². The number of carbonyl (C=O) groups is 1. The molecule has 2 N–H and O–H groups in total. The van der Waals surface area contributed by atoms with Gasteiger partial charge >= 0.3 is 5.97 Å². The molecule has 0 spiro atoms. The fourth-order valence-electron chi connectivity index (χ4n) is 3.15. The number of benzene rings is 1. The van der Waals surface area contributed by atoms with E-state index >= 15 is 0 Å². The molecule has 2 aliphatic rings. The summed E-state index contributed by atoms with van der Waals surface area (Å²) in [5.74, 6) is 0.347. The molecule has 1 aromatic rings. The maximum absolute atomic E-state index is 11.1. The molecular formula is C17H23NO5. The number of ether oxygens (including phenoxy) is 3. The summed E-state index contributed by atoms with van der Waals surface area (Å²) in [6.45, 7) is 1.94.